The minimum Gasteiger partial charge on any atom is -0.471 e. The largest absolute Gasteiger partial charge is 0.471 e. The lowest BCUT2D eigenvalue weighted by Crippen LogP contribution is -2.25. The predicted molar refractivity (Wildman–Crippen MR) is 93.3 cm³/mol. The van der Waals surface area contributed by atoms with E-state index < -0.39 is 0 Å². The maximum Gasteiger partial charge on any atom is 0.256 e. The lowest BCUT2D eigenvalue weighted by Gasteiger charge is -2.09. The Morgan fingerprint density at radius 2 is 1.25 bits per heavy atom. The first-order valence-corrected chi connectivity index (χ1v) is 9.12. The Balaban J connectivity index is 3.07. The molecule has 0 fully saturated rings. The van der Waals surface area contributed by atoms with Crippen LogP contribution in [0.2, 0.25) is 0 Å². The highest BCUT2D eigenvalue weighted by Crippen LogP contribution is 2.10. The predicted octanol–water partition coefficient (Wildman–Crippen LogP) is 5.60. The standard InChI is InChI=1S/C17H35NOS/c1-3-5-7-8-9-10-11-12-13-14-15-18-17(20)19-16-6-4-2/h3-16H2,1-2H3,(H,18,20). The van der Waals surface area contributed by atoms with E-state index in [9.17, 15) is 0 Å². The van der Waals surface area contributed by atoms with E-state index in [2.05, 4.69) is 19.2 Å². The average Bonchev–Trinajstić information content (AvgIpc) is 2.45. The molecule has 0 aromatic heterocycles. The number of nitrogens with one attached hydrogen (secondary N) is 1. The number of unbranched alkanes of at least 4 members (excludes halogenated alkanes) is 10. The fourth-order valence-electron chi connectivity index (χ4n) is 2.16. The van der Waals surface area contributed by atoms with Crippen LogP contribution in [0.25, 0.3) is 0 Å². The zero-order valence-electron chi connectivity index (χ0n) is 13.7. The monoisotopic (exact) mass is 301 g/mol. The highest BCUT2D eigenvalue weighted by atomic mass is 32.1. The van der Waals surface area contributed by atoms with E-state index in [4.69, 9.17) is 17.0 Å². The SMILES string of the molecule is CCCCCCCCCCCCNC(=S)OCCCC. The van der Waals surface area contributed by atoms with Gasteiger partial charge in [-0.15, -0.1) is 0 Å². The first kappa shape index (κ1) is 19.7. The van der Waals surface area contributed by atoms with Crippen molar-refractivity contribution in [2.45, 2.75) is 90.9 Å². The van der Waals surface area contributed by atoms with Gasteiger partial charge in [0, 0.05) is 6.54 Å². The minimum absolute atomic E-state index is 0.578. The number of thiocarbonyl (C=S) groups is 1. The van der Waals surface area contributed by atoms with Crippen LogP contribution in [0.1, 0.15) is 90.9 Å². The van der Waals surface area contributed by atoms with E-state index in [1.807, 2.05) is 0 Å². The number of rotatable bonds is 14. The second kappa shape index (κ2) is 16.7. The summed E-state index contributed by atoms with van der Waals surface area (Å²) < 4.78 is 5.39. The van der Waals surface area contributed by atoms with Crippen molar-refractivity contribution in [2.24, 2.45) is 0 Å². The Bertz CT molecular complexity index is 209. The molecule has 0 radical (unpaired) electrons. The summed E-state index contributed by atoms with van der Waals surface area (Å²) in [4.78, 5) is 0. The van der Waals surface area contributed by atoms with E-state index >= 15 is 0 Å². The van der Waals surface area contributed by atoms with E-state index in [0.717, 1.165) is 26.0 Å². The third-order valence-electron chi connectivity index (χ3n) is 3.53. The summed E-state index contributed by atoms with van der Waals surface area (Å²) in [5, 5.41) is 3.75. The van der Waals surface area contributed by atoms with Crippen LogP contribution in [0.4, 0.5) is 0 Å². The van der Waals surface area contributed by atoms with Crippen LogP contribution in [0.15, 0.2) is 0 Å². The highest BCUT2D eigenvalue weighted by molar-refractivity contribution is 7.80. The summed E-state index contributed by atoms with van der Waals surface area (Å²) in [6.07, 6.45) is 15.9. The minimum atomic E-state index is 0.578. The van der Waals surface area contributed by atoms with Gasteiger partial charge in [-0.1, -0.05) is 78.1 Å². The summed E-state index contributed by atoms with van der Waals surface area (Å²) in [5.74, 6) is 0. The lowest BCUT2D eigenvalue weighted by molar-refractivity contribution is 0.290. The molecule has 2 nitrogen and oxygen atoms in total. The van der Waals surface area contributed by atoms with Gasteiger partial charge in [0.05, 0.1) is 6.61 Å². The van der Waals surface area contributed by atoms with E-state index in [1.54, 1.807) is 0 Å². The molecule has 20 heavy (non-hydrogen) atoms. The van der Waals surface area contributed by atoms with Gasteiger partial charge in [-0.25, -0.2) is 0 Å². The third-order valence-corrected chi connectivity index (χ3v) is 3.79. The van der Waals surface area contributed by atoms with Crippen LogP contribution < -0.4 is 5.32 Å². The quantitative estimate of drug-likeness (QED) is 0.333. The first-order valence-electron chi connectivity index (χ1n) is 8.71. The molecule has 0 rings (SSSR count). The first-order chi connectivity index (χ1) is 9.81. The molecule has 0 unspecified atom stereocenters. The van der Waals surface area contributed by atoms with Crippen molar-refractivity contribution in [1.82, 2.24) is 5.32 Å². The molecule has 0 aliphatic rings. The molecule has 120 valence electrons. The van der Waals surface area contributed by atoms with E-state index in [0.29, 0.717) is 5.17 Å². The Morgan fingerprint density at radius 3 is 1.80 bits per heavy atom. The molecule has 0 bridgehead atoms. The Labute approximate surface area is 132 Å². The molecule has 0 aromatic rings. The molecule has 0 saturated heterocycles. The molecule has 0 heterocycles. The van der Waals surface area contributed by atoms with Gasteiger partial charge >= 0.3 is 0 Å². The summed E-state index contributed by atoms with van der Waals surface area (Å²) >= 11 is 5.10. The zero-order chi connectivity index (χ0) is 14.9. The highest BCUT2D eigenvalue weighted by Gasteiger charge is 1.96. The van der Waals surface area contributed by atoms with Crippen LogP contribution in [-0.2, 0) is 4.74 Å². The Morgan fingerprint density at radius 1 is 0.750 bits per heavy atom. The van der Waals surface area contributed by atoms with Crippen molar-refractivity contribution in [1.29, 1.82) is 0 Å². The van der Waals surface area contributed by atoms with Crippen molar-refractivity contribution < 1.29 is 4.74 Å². The summed E-state index contributed by atoms with van der Waals surface area (Å²) in [6.45, 7) is 6.14. The van der Waals surface area contributed by atoms with Gasteiger partial charge in [-0.3, -0.25) is 0 Å². The van der Waals surface area contributed by atoms with Gasteiger partial charge in [0.15, 0.2) is 0 Å². The smallest absolute Gasteiger partial charge is 0.256 e. The van der Waals surface area contributed by atoms with Crippen molar-refractivity contribution in [3.8, 4) is 0 Å². The molecule has 0 aromatic carbocycles. The normalized spacial score (nSPS) is 10.5. The van der Waals surface area contributed by atoms with E-state index in [-0.39, 0.29) is 0 Å². The summed E-state index contributed by atoms with van der Waals surface area (Å²) in [5.41, 5.74) is 0. The molecule has 3 heteroatoms. The van der Waals surface area contributed by atoms with Gasteiger partial charge in [0.2, 0.25) is 0 Å². The molecule has 0 saturated carbocycles. The molecule has 0 spiro atoms. The lowest BCUT2D eigenvalue weighted by atomic mass is 10.1. The molecule has 0 amide bonds. The summed E-state index contributed by atoms with van der Waals surface area (Å²) in [6, 6.07) is 0. The maximum absolute atomic E-state index is 5.39. The number of ether oxygens (including phenoxy) is 1. The van der Waals surface area contributed by atoms with Gasteiger partial charge < -0.3 is 10.1 Å². The van der Waals surface area contributed by atoms with Gasteiger partial charge in [-0.05, 0) is 25.1 Å². The van der Waals surface area contributed by atoms with E-state index in [1.165, 1.54) is 64.2 Å². The zero-order valence-corrected chi connectivity index (χ0v) is 14.5. The Hall–Kier alpha value is -0.310. The fraction of sp³-hybridized carbons (Fsp3) is 0.941. The fourth-order valence-corrected chi connectivity index (χ4v) is 2.35. The van der Waals surface area contributed by atoms with Crippen LogP contribution in [-0.4, -0.2) is 18.3 Å². The third kappa shape index (κ3) is 15.7. The average molecular weight is 302 g/mol. The number of hydrogen-bond acceptors (Lipinski definition) is 2. The molecular weight excluding hydrogens is 266 g/mol. The van der Waals surface area contributed by atoms with Gasteiger partial charge in [-0.2, -0.15) is 0 Å². The topological polar surface area (TPSA) is 21.3 Å². The molecule has 0 atom stereocenters. The molecular formula is C17H35NOS. The van der Waals surface area contributed by atoms with Gasteiger partial charge in [0.1, 0.15) is 0 Å². The molecule has 0 aliphatic heterocycles. The Kier molecular flexibility index (Phi) is 16.5. The molecule has 1 N–H and O–H groups in total. The van der Waals surface area contributed by atoms with Crippen LogP contribution in [0.3, 0.4) is 0 Å². The molecule has 0 aliphatic carbocycles. The number of hydrogen-bond donors (Lipinski definition) is 1. The second-order valence-electron chi connectivity index (χ2n) is 5.60. The maximum atomic E-state index is 5.39. The van der Waals surface area contributed by atoms with Crippen LogP contribution in [0, 0.1) is 0 Å². The summed E-state index contributed by atoms with van der Waals surface area (Å²) in [7, 11) is 0. The van der Waals surface area contributed by atoms with Crippen LogP contribution >= 0.6 is 12.2 Å². The van der Waals surface area contributed by atoms with Crippen LogP contribution in [0.5, 0.6) is 0 Å². The van der Waals surface area contributed by atoms with Crippen molar-refractivity contribution in [3.63, 3.8) is 0 Å². The van der Waals surface area contributed by atoms with Crippen molar-refractivity contribution in [2.75, 3.05) is 13.2 Å². The van der Waals surface area contributed by atoms with Crippen molar-refractivity contribution >= 4 is 17.4 Å². The second-order valence-corrected chi connectivity index (χ2v) is 5.97. The van der Waals surface area contributed by atoms with Crippen molar-refractivity contribution in [3.05, 3.63) is 0 Å². The van der Waals surface area contributed by atoms with Gasteiger partial charge in [0.25, 0.3) is 5.17 Å².